The number of halogens is 1. The molecule has 0 spiro atoms. The van der Waals surface area contributed by atoms with Gasteiger partial charge in [0.25, 0.3) is 0 Å². The molecule has 1 aliphatic heterocycles. The van der Waals surface area contributed by atoms with Gasteiger partial charge < -0.3 is 10.1 Å². The van der Waals surface area contributed by atoms with Gasteiger partial charge in [0, 0.05) is 5.02 Å². The number of Topliss-reactive ketones (excluding diaryl/α,β-unsaturated/α-hetero) is 1. The fraction of sp³-hybridized carbons (Fsp3) is 0.118. The molecule has 8 nitrogen and oxygen atoms in total. The van der Waals surface area contributed by atoms with E-state index in [1.807, 2.05) is 0 Å². The molecule has 0 unspecified atom stereocenters. The highest BCUT2D eigenvalue weighted by atomic mass is 35.5. The number of carbonyl (C=O) groups excluding carboxylic acids is 2. The number of anilines is 1. The van der Waals surface area contributed by atoms with E-state index in [0.717, 1.165) is 0 Å². The van der Waals surface area contributed by atoms with Gasteiger partial charge >= 0.3 is 5.97 Å². The molecular weight excluding hydrogens is 390 g/mol. The molecule has 0 aliphatic carbocycles. The minimum absolute atomic E-state index is 0.0122. The van der Waals surface area contributed by atoms with Gasteiger partial charge in [-0.2, -0.15) is 4.68 Å². The van der Waals surface area contributed by atoms with Gasteiger partial charge in [0.05, 0.1) is 17.6 Å². The number of hydrogen-bond donors (Lipinski definition) is 1. The van der Waals surface area contributed by atoms with Crippen LogP contribution in [0, 0.1) is 0 Å². The van der Waals surface area contributed by atoms with Crippen LogP contribution in [-0.2, 0) is 9.53 Å². The number of benzene rings is 1. The van der Waals surface area contributed by atoms with Crippen LogP contribution in [-0.4, -0.2) is 39.1 Å². The minimum atomic E-state index is -0.711. The number of carbonyl (C=O) groups is 2. The first-order valence-electron chi connectivity index (χ1n) is 7.81. The van der Waals surface area contributed by atoms with Crippen LogP contribution < -0.4 is 5.32 Å². The molecule has 3 aromatic rings. The van der Waals surface area contributed by atoms with Gasteiger partial charge in [0.2, 0.25) is 11.7 Å². The quantitative estimate of drug-likeness (QED) is 0.530. The lowest BCUT2D eigenvalue weighted by Crippen LogP contribution is -2.32. The maximum Gasteiger partial charge on any atom is 0.355 e. The molecule has 0 saturated carbocycles. The lowest BCUT2D eigenvalue weighted by atomic mass is 9.91. The van der Waals surface area contributed by atoms with E-state index in [2.05, 4.69) is 20.8 Å². The fourth-order valence-electron chi connectivity index (χ4n) is 2.88. The number of esters is 1. The van der Waals surface area contributed by atoms with Gasteiger partial charge in [-0.05, 0) is 39.6 Å². The zero-order valence-electron chi connectivity index (χ0n) is 13.9. The summed E-state index contributed by atoms with van der Waals surface area (Å²) >= 11 is 7.28. The molecule has 0 saturated heterocycles. The van der Waals surface area contributed by atoms with Crippen molar-refractivity contribution in [3.8, 4) is 0 Å². The molecule has 0 amide bonds. The number of methoxy groups -OCH3 is 1. The van der Waals surface area contributed by atoms with Gasteiger partial charge in [-0.15, -0.1) is 11.3 Å². The molecule has 0 radical (unpaired) electrons. The topological polar surface area (TPSA) is 99.0 Å². The van der Waals surface area contributed by atoms with E-state index >= 15 is 0 Å². The number of ketones is 1. The Balaban J connectivity index is 1.95. The average Bonchev–Trinajstić information content (AvgIpc) is 3.37. The Kier molecular flexibility index (Phi) is 4.46. The summed E-state index contributed by atoms with van der Waals surface area (Å²) in [6, 6.07) is 9.69. The van der Waals surface area contributed by atoms with E-state index in [-0.39, 0.29) is 23.0 Å². The summed E-state index contributed by atoms with van der Waals surface area (Å²) < 4.78 is 6.33. The fourth-order valence-corrected chi connectivity index (χ4v) is 3.69. The maximum absolute atomic E-state index is 13.3. The van der Waals surface area contributed by atoms with Crippen molar-refractivity contribution in [2.75, 3.05) is 12.4 Å². The van der Waals surface area contributed by atoms with Crippen molar-refractivity contribution >= 4 is 40.6 Å². The first-order valence-corrected chi connectivity index (χ1v) is 9.07. The Morgan fingerprint density at radius 2 is 2.04 bits per heavy atom. The smallest absolute Gasteiger partial charge is 0.355 e. The zero-order valence-corrected chi connectivity index (χ0v) is 15.5. The van der Waals surface area contributed by atoms with Crippen molar-refractivity contribution in [1.29, 1.82) is 0 Å². The van der Waals surface area contributed by atoms with E-state index < -0.39 is 12.0 Å². The van der Waals surface area contributed by atoms with Gasteiger partial charge in [-0.3, -0.25) is 4.79 Å². The summed E-state index contributed by atoms with van der Waals surface area (Å²) in [7, 11) is 1.25. The van der Waals surface area contributed by atoms with Crippen molar-refractivity contribution in [3.05, 3.63) is 68.5 Å². The van der Waals surface area contributed by atoms with Gasteiger partial charge in [-0.25, -0.2) is 4.79 Å². The molecule has 0 fully saturated rings. The SMILES string of the molecule is COC(=O)C1=C(C(=O)c2cccs2)[C@@H](c2ccc(Cl)cc2)n2nnnc2N1. The van der Waals surface area contributed by atoms with E-state index in [0.29, 0.717) is 15.5 Å². The molecule has 10 heteroatoms. The van der Waals surface area contributed by atoms with E-state index in [4.69, 9.17) is 16.3 Å². The number of fused-ring (bicyclic) bond motifs is 1. The summed E-state index contributed by atoms with van der Waals surface area (Å²) in [4.78, 5) is 26.2. The normalized spacial score (nSPS) is 15.9. The first kappa shape index (κ1) is 17.4. The minimum Gasteiger partial charge on any atom is -0.464 e. The third-order valence-corrected chi connectivity index (χ3v) is 5.20. The van der Waals surface area contributed by atoms with Crippen LogP contribution in [0.25, 0.3) is 0 Å². The van der Waals surface area contributed by atoms with Crippen LogP contribution in [0.3, 0.4) is 0 Å². The van der Waals surface area contributed by atoms with Crippen molar-refractivity contribution in [1.82, 2.24) is 20.2 Å². The highest BCUT2D eigenvalue weighted by Crippen LogP contribution is 2.37. The van der Waals surface area contributed by atoms with Crippen LogP contribution in [0.1, 0.15) is 21.3 Å². The van der Waals surface area contributed by atoms with Crippen molar-refractivity contribution < 1.29 is 14.3 Å². The summed E-state index contributed by atoms with van der Waals surface area (Å²) in [6.45, 7) is 0. The Labute approximate surface area is 162 Å². The Morgan fingerprint density at radius 3 is 2.70 bits per heavy atom. The number of tetrazole rings is 1. The Bertz CT molecular complexity index is 1040. The second-order valence-corrected chi connectivity index (χ2v) is 7.00. The lowest BCUT2D eigenvalue weighted by Gasteiger charge is -2.27. The van der Waals surface area contributed by atoms with Crippen LogP contribution in [0.4, 0.5) is 5.95 Å². The number of nitrogens with zero attached hydrogens (tertiary/aromatic N) is 4. The molecule has 2 aromatic heterocycles. The van der Waals surface area contributed by atoms with Crippen LogP contribution >= 0.6 is 22.9 Å². The molecule has 0 bridgehead atoms. The second kappa shape index (κ2) is 6.93. The second-order valence-electron chi connectivity index (χ2n) is 5.61. The number of ether oxygens (including phenoxy) is 1. The number of thiophene rings is 1. The van der Waals surface area contributed by atoms with E-state index in [9.17, 15) is 9.59 Å². The van der Waals surface area contributed by atoms with Crippen molar-refractivity contribution in [3.63, 3.8) is 0 Å². The first-order chi connectivity index (χ1) is 13.1. The summed E-state index contributed by atoms with van der Waals surface area (Å²) in [5.41, 5.74) is 0.917. The van der Waals surface area contributed by atoms with Gasteiger partial charge in [0.15, 0.2) is 0 Å². The number of allylic oxidation sites excluding steroid dienone is 1. The number of aromatic nitrogens is 4. The highest BCUT2D eigenvalue weighted by Gasteiger charge is 2.38. The molecule has 1 aromatic carbocycles. The van der Waals surface area contributed by atoms with Crippen molar-refractivity contribution in [2.24, 2.45) is 0 Å². The molecule has 1 aliphatic rings. The van der Waals surface area contributed by atoms with E-state index in [1.54, 1.807) is 41.8 Å². The number of hydrogen-bond acceptors (Lipinski definition) is 8. The molecule has 27 heavy (non-hydrogen) atoms. The van der Waals surface area contributed by atoms with Crippen LogP contribution in [0.2, 0.25) is 5.02 Å². The molecule has 136 valence electrons. The predicted octanol–water partition coefficient (Wildman–Crippen LogP) is 2.71. The Morgan fingerprint density at radius 1 is 1.26 bits per heavy atom. The van der Waals surface area contributed by atoms with E-state index in [1.165, 1.54) is 23.1 Å². The Hall–Kier alpha value is -3.04. The molecule has 3 heterocycles. The largest absolute Gasteiger partial charge is 0.464 e. The lowest BCUT2D eigenvalue weighted by molar-refractivity contribution is -0.136. The van der Waals surface area contributed by atoms with Gasteiger partial charge in [0.1, 0.15) is 11.7 Å². The standard InChI is InChI=1S/C17H12ClN5O3S/c1-26-16(25)13-12(15(24)11-3-2-8-27-11)14(9-4-6-10(18)7-5-9)23-17(19-13)20-21-22-23/h2-8,14H,1H3,(H,19,20,22)/t14-/m1/s1. The summed E-state index contributed by atoms with van der Waals surface area (Å²) in [5, 5.41) is 16.7. The van der Waals surface area contributed by atoms with Crippen LogP contribution in [0.5, 0.6) is 0 Å². The summed E-state index contributed by atoms with van der Waals surface area (Å²) in [6.07, 6.45) is 0. The molecule has 1 atom stereocenters. The number of nitrogens with one attached hydrogen (secondary N) is 1. The molecular formula is C17H12ClN5O3S. The maximum atomic E-state index is 13.3. The van der Waals surface area contributed by atoms with Gasteiger partial charge in [-0.1, -0.05) is 34.9 Å². The third-order valence-electron chi connectivity index (χ3n) is 4.08. The monoisotopic (exact) mass is 401 g/mol. The molecule has 4 rings (SSSR count). The van der Waals surface area contributed by atoms with Crippen molar-refractivity contribution in [2.45, 2.75) is 6.04 Å². The average molecular weight is 402 g/mol. The molecule has 1 N–H and O–H groups in total. The zero-order chi connectivity index (χ0) is 19.0. The third kappa shape index (κ3) is 3.00. The number of rotatable bonds is 4. The predicted molar refractivity (Wildman–Crippen MR) is 98.7 cm³/mol. The summed E-state index contributed by atoms with van der Waals surface area (Å²) in [5.74, 6) is -0.750. The highest BCUT2D eigenvalue weighted by molar-refractivity contribution is 7.12. The van der Waals surface area contributed by atoms with Crippen LogP contribution in [0.15, 0.2) is 53.0 Å².